The molecule has 2 N–H and O–H groups in total. The van der Waals surface area contributed by atoms with Crippen LogP contribution in [0.5, 0.6) is 0 Å². The van der Waals surface area contributed by atoms with Crippen molar-refractivity contribution >= 4 is 48.7 Å². The maximum atomic E-state index is 12.6. The summed E-state index contributed by atoms with van der Waals surface area (Å²) < 4.78 is 20.5. The quantitative estimate of drug-likeness (QED) is 0.187. The summed E-state index contributed by atoms with van der Waals surface area (Å²) in [5.41, 5.74) is 6.17. The van der Waals surface area contributed by atoms with Gasteiger partial charge in [0.2, 0.25) is 0 Å². The molecule has 1 aromatic heterocycles. The van der Waals surface area contributed by atoms with Crippen LogP contribution in [0.4, 0.5) is 5.95 Å². The van der Waals surface area contributed by atoms with Crippen molar-refractivity contribution in [1.82, 2.24) is 14.2 Å². The molecular weight excluding hydrogens is 408 g/mol. The summed E-state index contributed by atoms with van der Waals surface area (Å²) in [5.74, 6) is -0.363. The van der Waals surface area contributed by atoms with Crippen molar-refractivity contribution in [3.05, 3.63) is 27.6 Å². The first-order chi connectivity index (χ1) is 12.1. The Kier molecular flexibility index (Phi) is 8.88. The lowest BCUT2D eigenvalue weighted by Crippen LogP contribution is -2.29. The average Bonchev–Trinajstić information content (AvgIpc) is 2.87. The van der Waals surface area contributed by atoms with Gasteiger partial charge in [0, 0.05) is 24.8 Å². The van der Waals surface area contributed by atoms with Crippen molar-refractivity contribution < 1.29 is 18.8 Å². The zero-order chi connectivity index (χ0) is 19.9. The molecule has 1 heterocycles. The molecule has 0 aromatic carbocycles. The summed E-state index contributed by atoms with van der Waals surface area (Å²) >= 11 is 11.3. The number of alkyl halides is 2. The van der Waals surface area contributed by atoms with E-state index in [1.54, 1.807) is 0 Å². The van der Waals surface area contributed by atoms with E-state index in [0.29, 0.717) is 0 Å². The molecule has 10 nitrogen and oxygen atoms in total. The Labute approximate surface area is 160 Å². The Morgan fingerprint density at radius 3 is 2.50 bits per heavy atom. The van der Waals surface area contributed by atoms with Crippen molar-refractivity contribution in [3.8, 4) is 0 Å². The molecule has 0 saturated heterocycles. The molecule has 0 bridgehead atoms. The van der Waals surface area contributed by atoms with E-state index in [9.17, 15) is 19.5 Å². The van der Waals surface area contributed by atoms with Gasteiger partial charge < -0.3 is 10.1 Å². The minimum Gasteiger partial charge on any atom is -0.390 e. The van der Waals surface area contributed by atoms with Crippen LogP contribution in [-0.4, -0.2) is 49.8 Å². The molecule has 13 heteroatoms. The van der Waals surface area contributed by atoms with E-state index in [1.807, 2.05) is 0 Å². The van der Waals surface area contributed by atoms with Crippen LogP contribution in [0.2, 0.25) is 0 Å². The van der Waals surface area contributed by atoms with Crippen LogP contribution in [0.3, 0.4) is 0 Å². The van der Waals surface area contributed by atoms with Crippen molar-refractivity contribution in [2.45, 2.75) is 13.5 Å². The number of nitro groups is 1. The third kappa shape index (κ3) is 6.15. The van der Waals surface area contributed by atoms with Gasteiger partial charge in [0.1, 0.15) is 12.3 Å². The summed E-state index contributed by atoms with van der Waals surface area (Å²) in [7, 11) is -2.32. The predicted molar refractivity (Wildman–Crippen MR) is 99.2 cm³/mol. The summed E-state index contributed by atoms with van der Waals surface area (Å²) in [6.45, 7) is 1.41. The van der Waals surface area contributed by atoms with E-state index in [1.165, 1.54) is 35.4 Å². The molecule has 26 heavy (non-hydrogen) atoms. The third-order valence-electron chi connectivity index (χ3n) is 3.33. The van der Waals surface area contributed by atoms with Gasteiger partial charge in [-0.05, 0) is 24.0 Å². The first-order valence-electron chi connectivity index (χ1n) is 7.43. The number of ketones is 1. The minimum absolute atomic E-state index is 0.149. The summed E-state index contributed by atoms with van der Waals surface area (Å²) in [6, 6.07) is 0. The van der Waals surface area contributed by atoms with Gasteiger partial charge in [-0.15, -0.1) is 23.2 Å². The van der Waals surface area contributed by atoms with Gasteiger partial charge in [0.25, 0.3) is 0 Å². The fourth-order valence-corrected chi connectivity index (χ4v) is 3.90. The Morgan fingerprint density at radius 1 is 1.46 bits per heavy atom. The lowest BCUT2D eigenvalue weighted by atomic mass is 10.3. The van der Waals surface area contributed by atoms with Crippen LogP contribution < -0.4 is 5.50 Å². The second-order valence-electron chi connectivity index (χ2n) is 5.17. The second-order valence-corrected chi connectivity index (χ2v) is 7.88. The Bertz CT molecular complexity index is 733. The van der Waals surface area contributed by atoms with Gasteiger partial charge in [-0.25, -0.2) is 14.7 Å². The Morgan fingerprint density at radius 2 is 2.04 bits per heavy atom. The van der Waals surface area contributed by atoms with Gasteiger partial charge >= 0.3 is 13.6 Å². The molecule has 0 amide bonds. The molecule has 0 aliphatic heterocycles. The van der Waals surface area contributed by atoms with Crippen LogP contribution in [0, 0.1) is 10.1 Å². The zero-order valence-corrected chi connectivity index (χ0v) is 16.7. The fraction of sp³-hybridized carbons (Fsp3) is 0.538. The zero-order valence-electron chi connectivity index (χ0n) is 14.3. The number of aromatic nitrogens is 2. The third-order valence-corrected chi connectivity index (χ3v) is 5.35. The predicted octanol–water partition coefficient (Wildman–Crippen LogP) is 2.29. The van der Waals surface area contributed by atoms with Crippen LogP contribution in [0.25, 0.3) is 6.08 Å². The van der Waals surface area contributed by atoms with Crippen LogP contribution in [0.1, 0.15) is 18.3 Å². The molecule has 0 aliphatic carbocycles. The van der Waals surface area contributed by atoms with Gasteiger partial charge in [0.05, 0.1) is 7.05 Å². The lowest BCUT2D eigenvalue weighted by molar-refractivity contribution is -0.396. The number of halogens is 2. The number of nitrogens with two attached hydrogens (primary N) is 1. The topological polar surface area (TPSA) is 134 Å². The van der Waals surface area contributed by atoms with E-state index in [0.717, 1.165) is 0 Å². The number of imidazole rings is 1. The average molecular weight is 428 g/mol. The van der Waals surface area contributed by atoms with E-state index in [2.05, 4.69) is 4.98 Å². The number of rotatable bonds is 11. The molecule has 1 aromatic rings. The normalized spacial score (nSPS) is 14.1. The second kappa shape index (κ2) is 10.1. The minimum atomic E-state index is -3.73. The highest BCUT2D eigenvalue weighted by molar-refractivity contribution is 7.53. The van der Waals surface area contributed by atoms with Gasteiger partial charge in [-0.2, -0.15) is 0 Å². The molecule has 0 saturated carbocycles. The van der Waals surface area contributed by atoms with Crippen molar-refractivity contribution in [1.29, 1.82) is 0 Å². The van der Waals surface area contributed by atoms with Crippen molar-refractivity contribution in [2.75, 3.05) is 24.8 Å². The first-order valence-corrected chi connectivity index (χ1v) is 10.1. The largest absolute Gasteiger partial charge is 0.435 e. The molecule has 1 rings (SSSR count). The van der Waals surface area contributed by atoms with E-state index < -0.39 is 18.5 Å². The summed E-state index contributed by atoms with van der Waals surface area (Å²) in [5, 5.41) is 11.1. The maximum absolute atomic E-state index is 12.6. The van der Waals surface area contributed by atoms with Gasteiger partial charge in [-0.1, -0.05) is 4.98 Å². The number of carbonyl (C=O) groups excluding carboxylic acids is 1. The lowest BCUT2D eigenvalue weighted by Gasteiger charge is -2.26. The number of carbonyl (C=O) groups is 1. The summed E-state index contributed by atoms with van der Waals surface area (Å²) in [4.78, 5) is 25.4. The summed E-state index contributed by atoms with van der Waals surface area (Å²) in [6.07, 6.45) is 2.54. The van der Waals surface area contributed by atoms with Crippen LogP contribution >= 0.6 is 30.9 Å². The molecular formula is C13H20Cl2N5O5P. The van der Waals surface area contributed by atoms with Gasteiger partial charge in [0.15, 0.2) is 11.5 Å². The standard InChI is InChI=1S/C13H20Cl2N5O5P/c1-10(21)3-4-11-12(18(2)13(17-11)20(22)23)9-25-26(16,24)19(7-5-14)8-6-15/h3-4H,5-9H2,1-2H3,(H2,16,24)/b4-3+. The molecule has 1 atom stereocenters. The Balaban J connectivity index is 3.12. The van der Waals surface area contributed by atoms with E-state index in [4.69, 9.17) is 33.2 Å². The highest BCUT2D eigenvalue weighted by atomic mass is 35.5. The van der Waals surface area contributed by atoms with Crippen molar-refractivity contribution in [3.63, 3.8) is 0 Å². The molecule has 0 radical (unpaired) electrons. The Hall–Kier alpha value is -1.29. The number of allylic oxidation sites excluding steroid dienone is 1. The van der Waals surface area contributed by atoms with Crippen LogP contribution in [0.15, 0.2) is 6.08 Å². The SMILES string of the molecule is CC(=O)/C=C/c1nc([N+](=O)[O-])n(C)c1COP(N)(=O)N(CCCl)CCCl. The molecule has 0 fully saturated rings. The molecule has 1 unspecified atom stereocenters. The first kappa shape index (κ1) is 22.8. The number of hydrogen-bond acceptors (Lipinski definition) is 6. The monoisotopic (exact) mass is 427 g/mol. The number of nitrogens with zero attached hydrogens (tertiary/aromatic N) is 4. The van der Waals surface area contributed by atoms with Crippen LogP contribution in [-0.2, 0) is 27.5 Å². The highest BCUT2D eigenvalue weighted by Gasteiger charge is 2.30. The highest BCUT2D eigenvalue weighted by Crippen LogP contribution is 2.43. The van der Waals surface area contributed by atoms with E-state index >= 15 is 0 Å². The van der Waals surface area contributed by atoms with Crippen molar-refractivity contribution in [2.24, 2.45) is 12.6 Å². The van der Waals surface area contributed by atoms with Gasteiger partial charge in [-0.3, -0.25) is 13.9 Å². The maximum Gasteiger partial charge on any atom is 0.435 e. The van der Waals surface area contributed by atoms with E-state index in [-0.39, 0.29) is 48.6 Å². The number of hydrogen-bond donors (Lipinski definition) is 1. The molecule has 146 valence electrons. The molecule has 0 aliphatic rings. The smallest absolute Gasteiger partial charge is 0.390 e. The molecule has 0 spiro atoms. The fourth-order valence-electron chi connectivity index (χ4n) is 2.02.